The van der Waals surface area contributed by atoms with Crippen molar-refractivity contribution in [1.29, 1.82) is 0 Å². The molecule has 4 aromatic rings. The van der Waals surface area contributed by atoms with E-state index in [9.17, 15) is 4.79 Å². The van der Waals surface area contributed by atoms with Crippen LogP contribution in [-0.4, -0.2) is 34.9 Å². The average Bonchev–Trinajstić information content (AvgIpc) is 3.31. The molecular weight excluding hydrogens is 478 g/mol. The lowest BCUT2D eigenvalue weighted by Gasteiger charge is -2.31. The molecule has 0 saturated heterocycles. The van der Waals surface area contributed by atoms with Gasteiger partial charge in [-0.05, 0) is 59.5 Å². The molecule has 2 N–H and O–H groups in total. The Balaban J connectivity index is 1.39. The summed E-state index contributed by atoms with van der Waals surface area (Å²) in [4.78, 5) is 17.3. The van der Waals surface area contributed by atoms with E-state index in [-0.39, 0.29) is 30.4 Å². The highest BCUT2D eigenvalue weighted by molar-refractivity contribution is 6.30. The zero-order valence-corrected chi connectivity index (χ0v) is 20.7. The van der Waals surface area contributed by atoms with Gasteiger partial charge in [-0.1, -0.05) is 48.0 Å². The van der Waals surface area contributed by atoms with Crippen LogP contribution >= 0.6 is 11.6 Å². The molecule has 1 amide bonds. The van der Waals surface area contributed by atoms with Gasteiger partial charge in [-0.3, -0.25) is 10.1 Å². The van der Waals surface area contributed by atoms with Gasteiger partial charge in [-0.15, -0.1) is 5.10 Å². The molecular formula is C27H26ClN5O3. The van der Waals surface area contributed by atoms with Crippen LogP contribution in [0.3, 0.4) is 0 Å². The Kier molecular flexibility index (Phi) is 6.77. The van der Waals surface area contributed by atoms with Crippen molar-refractivity contribution in [3.8, 4) is 11.5 Å². The van der Waals surface area contributed by atoms with Crippen LogP contribution in [0, 0.1) is 0 Å². The van der Waals surface area contributed by atoms with E-state index in [4.69, 9.17) is 21.1 Å². The molecule has 0 radical (unpaired) electrons. The number of nitrogens with one attached hydrogen (secondary N) is 2. The number of benzene rings is 3. The van der Waals surface area contributed by atoms with Crippen molar-refractivity contribution in [3.05, 3.63) is 94.5 Å². The molecule has 9 heteroatoms. The summed E-state index contributed by atoms with van der Waals surface area (Å²) in [7, 11) is 3.26. The summed E-state index contributed by atoms with van der Waals surface area (Å²) in [6.45, 7) is 0. The van der Waals surface area contributed by atoms with Crippen LogP contribution in [0.4, 0.5) is 11.9 Å². The number of carbonyl (C=O) groups excluding carboxylic acids is 1. The molecule has 36 heavy (non-hydrogen) atoms. The van der Waals surface area contributed by atoms with Crippen LogP contribution < -0.4 is 20.1 Å². The van der Waals surface area contributed by atoms with Gasteiger partial charge in [-0.2, -0.15) is 4.98 Å². The van der Waals surface area contributed by atoms with Gasteiger partial charge in [0, 0.05) is 5.02 Å². The van der Waals surface area contributed by atoms with Crippen LogP contribution in [-0.2, 0) is 11.2 Å². The predicted molar refractivity (Wildman–Crippen MR) is 139 cm³/mol. The highest BCUT2D eigenvalue weighted by atomic mass is 35.5. The third-order valence-electron chi connectivity index (χ3n) is 6.24. The molecule has 184 valence electrons. The monoisotopic (exact) mass is 503 g/mol. The van der Waals surface area contributed by atoms with Crippen LogP contribution in [0.1, 0.15) is 35.2 Å². The summed E-state index contributed by atoms with van der Waals surface area (Å²) in [6, 6.07) is 23.0. The third-order valence-corrected chi connectivity index (χ3v) is 6.49. The first-order chi connectivity index (χ1) is 17.5. The molecule has 0 aliphatic carbocycles. The molecule has 2 atom stereocenters. The maximum Gasteiger partial charge on any atom is 0.250 e. The number of ether oxygens (including phenoxy) is 2. The largest absolute Gasteiger partial charge is 0.497 e. The molecule has 0 spiro atoms. The van der Waals surface area contributed by atoms with Gasteiger partial charge in [0.05, 0.1) is 32.7 Å². The molecule has 1 aromatic heterocycles. The maximum atomic E-state index is 12.7. The lowest BCUT2D eigenvalue weighted by molar-refractivity contribution is -0.115. The Morgan fingerprint density at radius 3 is 2.22 bits per heavy atom. The van der Waals surface area contributed by atoms with E-state index in [1.54, 1.807) is 14.2 Å². The molecule has 5 rings (SSSR count). The first-order valence-corrected chi connectivity index (χ1v) is 12.0. The van der Waals surface area contributed by atoms with Crippen LogP contribution in [0.2, 0.25) is 5.02 Å². The number of hydrogen-bond donors (Lipinski definition) is 2. The fourth-order valence-electron chi connectivity index (χ4n) is 4.35. The fraction of sp³-hybridized carbons (Fsp3) is 0.222. The number of aromatic nitrogens is 3. The van der Waals surface area contributed by atoms with Crippen molar-refractivity contribution in [2.24, 2.45) is 0 Å². The van der Waals surface area contributed by atoms with Gasteiger partial charge in [-0.25, -0.2) is 4.68 Å². The van der Waals surface area contributed by atoms with Gasteiger partial charge in [0.1, 0.15) is 11.5 Å². The van der Waals surface area contributed by atoms with Crippen LogP contribution in [0.25, 0.3) is 0 Å². The van der Waals surface area contributed by atoms with Crippen LogP contribution in [0.5, 0.6) is 11.5 Å². The number of nitrogens with zero attached hydrogens (tertiary/aromatic N) is 3. The Labute approximate surface area is 214 Å². The zero-order chi connectivity index (χ0) is 25.1. The highest BCUT2D eigenvalue weighted by Gasteiger charge is 2.31. The number of fused-ring (bicyclic) bond motifs is 1. The maximum absolute atomic E-state index is 12.7. The standard InChI is InChI=1S/C27H26ClN5O3/c1-35-21-11-3-17(4-12-21)15-25(34)30-26-31-27-29-23(18-7-13-22(36-2)14-8-18)16-24(33(27)32-26)19-5-9-20(28)10-6-19/h3-14,23-24H,15-16H2,1-2H3,(H2,29,30,31,32,34)/t23-,24+/m1/s1. The van der Waals surface area contributed by atoms with E-state index < -0.39 is 0 Å². The van der Waals surface area contributed by atoms with Crippen molar-refractivity contribution in [2.75, 3.05) is 24.9 Å². The topological polar surface area (TPSA) is 90.3 Å². The molecule has 0 bridgehead atoms. The minimum atomic E-state index is -0.196. The number of halogens is 1. The first kappa shape index (κ1) is 23.7. The van der Waals surface area contributed by atoms with E-state index >= 15 is 0 Å². The smallest absolute Gasteiger partial charge is 0.250 e. The number of amides is 1. The SMILES string of the molecule is COc1ccc(CC(=O)Nc2nc3n(n2)[C@H](c2ccc(Cl)cc2)C[C@H](c2ccc(OC)cc2)N3)cc1. The Hall–Kier alpha value is -4.04. The third kappa shape index (κ3) is 5.13. The van der Waals surface area contributed by atoms with Crippen molar-refractivity contribution in [3.63, 3.8) is 0 Å². The fourth-order valence-corrected chi connectivity index (χ4v) is 4.47. The van der Waals surface area contributed by atoms with Crippen molar-refractivity contribution in [1.82, 2.24) is 14.8 Å². The summed E-state index contributed by atoms with van der Waals surface area (Å²) >= 11 is 6.14. The highest BCUT2D eigenvalue weighted by Crippen LogP contribution is 2.38. The molecule has 0 unspecified atom stereocenters. The minimum absolute atomic E-state index is 0.00358. The molecule has 2 heterocycles. The van der Waals surface area contributed by atoms with Gasteiger partial charge in [0.15, 0.2) is 0 Å². The molecule has 0 saturated carbocycles. The summed E-state index contributed by atoms with van der Waals surface area (Å²) < 4.78 is 12.3. The van der Waals surface area contributed by atoms with E-state index in [1.807, 2.05) is 77.5 Å². The average molecular weight is 504 g/mol. The normalized spacial score (nSPS) is 16.5. The van der Waals surface area contributed by atoms with Crippen molar-refractivity contribution < 1.29 is 14.3 Å². The van der Waals surface area contributed by atoms with Gasteiger partial charge in [0.2, 0.25) is 11.9 Å². The van der Waals surface area contributed by atoms with Crippen molar-refractivity contribution in [2.45, 2.75) is 24.9 Å². The number of methoxy groups -OCH3 is 2. The Bertz CT molecular complexity index is 1340. The summed E-state index contributed by atoms with van der Waals surface area (Å²) in [5, 5.41) is 11.6. The van der Waals surface area contributed by atoms with E-state index in [1.165, 1.54) is 0 Å². The van der Waals surface area contributed by atoms with Crippen molar-refractivity contribution >= 4 is 29.4 Å². The minimum Gasteiger partial charge on any atom is -0.497 e. The van der Waals surface area contributed by atoms with Crippen LogP contribution in [0.15, 0.2) is 72.8 Å². The number of hydrogen-bond acceptors (Lipinski definition) is 6. The zero-order valence-electron chi connectivity index (χ0n) is 19.9. The van der Waals surface area contributed by atoms with Gasteiger partial charge in [0.25, 0.3) is 5.95 Å². The lowest BCUT2D eigenvalue weighted by Crippen LogP contribution is -2.28. The summed E-state index contributed by atoms with van der Waals surface area (Å²) in [5.74, 6) is 2.19. The predicted octanol–water partition coefficient (Wildman–Crippen LogP) is 5.28. The lowest BCUT2D eigenvalue weighted by atomic mass is 9.93. The number of anilines is 2. The molecule has 0 fully saturated rings. The number of carbonyl (C=O) groups is 1. The quantitative estimate of drug-likeness (QED) is 0.357. The molecule has 8 nitrogen and oxygen atoms in total. The molecule has 1 aliphatic heterocycles. The second kappa shape index (κ2) is 10.3. The van der Waals surface area contributed by atoms with E-state index in [0.29, 0.717) is 11.0 Å². The van der Waals surface area contributed by atoms with Gasteiger partial charge < -0.3 is 14.8 Å². The van der Waals surface area contributed by atoms with Gasteiger partial charge >= 0.3 is 0 Å². The Morgan fingerprint density at radius 1 is 0.972 bits per heavy atom. The molecule has 3 aromatic carbocycles. The number of rotatable bonds is 7. The summed E-state index contributed by atoms with van der Waals surface area (Å²) in [5.41, 5.74) is 3.03. The Morgan fingerprint density at radius 2 is 1.58 bits per heavy atom. The first-order valence-electron chi connectivity index (χ1n) is 11.6. The van der Waals surface area contributed by atoms with E-state index in [2.05, 4.69) is 20.7 Å². The summed E-state index contributed by atoms with van der Waals surface area (Å²) in [6.07, 6.45) is 0.944. The van der Waals surface area contributed by atoms with E-state index in [0.717, 1.165) is 34.6 Å². The second-order valence-corrected chi connectivity index (χ2v) is 8.99. The second-order valence-electron chi connectivity index (χ2n) is 8.55. The molecule has 1 aliphatic rings.